The number of amides is 1. The molecule has 1 aliphatic carbocycles. The van der Waals surface area contributed by atoms with Crippen LogP contribution in [-0.2, 0) is 25.8 Å². The standard InChI is InChI=1S/C16H21NO5S/c1-23(21,22)11-16(7-8-16)10-14(18)17-13(15(19)20)9-12-5-3-2-4-6-12/h2-6,13H,7-11H2,1H3,(H,17,18)(H,19,20)/t13-/m0/s1. The van der Waals surface area contributed by atoms with Gasteiger partial charge in [0.05, 0.1) is 5.75 Å². The molecule has 2 N–H and O–H groups in total. The number of hydrogen-bond acceptors (Lipinski definition) is 4. The molecule has 0 aliphatic heterocycles. The third-order valence-electron chi connectivity index (χ3n) is 3.98. The minimum Gasteiger partial charge on any atom is -0.480 e. The predicted octanol–water partition coefficient (Wildman–Crippen LogP) is 1.01. The summed E-state index contributed by atoms with van der Waals surface area (Å²) >= 11 is 0. The second kappa shape index (κ2) is 6.70. The van der Waals surface area contributed by atoms with Gasteiger partial charge in [0, 0.05) is 19.1 Å². The van der Waals surface area contributed by atoms with Gasteiger partial charge in [0.1, 0.15) is 15.9 Å². The molecule has 0 unspecified atom stereocenters. The Hall–Kier alpha value is -1.89. The third-order valence-corrected chi connectivity index (χ3v) is 5.11. The number of nitrogens with one attached hydrogen (secondary N) is 1. The lowest BCUT2D eigenvalue weighted by atomic mass is 10.0. The summed E-state index contributed by atoms with van der Waals surface area (Å²) < 4.78 is 22.8. The highest BCUT2D eigenvalue weighted by Gasteiger charge is 2.46. The average molecular weight is 339 g/mol. The second-order valence-electron chi connectivity index (χ2n) is 6.39. The second-order valence-corrected chi connectivity index (χ2v) is 8.54. The third kappa shape index (κ3) is 5.67. The number of benzene rings is 1. The van der Waals surface area contributed by atoms with Crippen LogP contribution in [0.15, 0.2) is 30.3 Å². The maximum absolute atomic E-state index is 12.1. The SMILES string of the molecule is CS(=O)(=O)CC1(CC(=O)N[C@@H](Cc2ccccc2)C(=O)O)CC1. The molecule has 0 heterocycles. The normalized spacial score (nSPS) is 17.3. The number of carboxylic acid groups (broad SMARTS) is 1. The van der Waals surface area contributed by atoms with Crippen LogP contribution in [0.25, 0.3) is 0 Å². The van der Waals surface area contributed by atoms with E-state index in [0.29, 0.717) is 12.8 Å². The Balaban J connectivity index is 1.95. The zero-order valence-corrected chi connectivity index (χ0v) is 13.8. The molecule has 1 aromatic carbocycles. The fourth-order valence-electron chi connectivity index (χ4n) is 2.74. The monoisotopic (exact) mass is 339 g/mol. The van der Waals surface area contributed by atoms with Gasteiger partial charge in [-0.1, -0.05) is 30.3 Å². The Morgan fingerprint density at radius 2 is 1.87 bits per heavy atom. The van der Waals surface area contributed by atoms with Crippen molar-refractivity contribution >= 4 is 21.7 Å². The van der Waals surface area contributed by atoms with Gasteiger partial charge < -0.3 is 10.4 Å². The summed E-state index contributed by atoms with van der Waals surface area (Å²) in [7, 11) is -3.15. The fraction of sp³-hybridized carbons (Fsp3) is 0.500. The molecule has 0 spiro atoms. The van der Waals surface area contributed by atoms with Crippen LogP contribution < -0.4 is 5.32 Å². The van der Waals surface area contributed by atoms with Crippen LogP contribution in [-0.4, -0.2) is 43.5 Å². The van der Waals surface area contributed by atoms with E-state index in [-0.39, 0.29) is 18.6 Å². The van der Waals surface area contributed by atoms with Gasteiger partial charge in [0.25, 0.3) is 0 Å². The topological polar surface area (TPSA) is 101 Å². The van der Waals surface area contributed by atoms with Crippen molar-refractivity contribution in [2.75, 3.05) is 12.0 Å². The summed E-state index contributed by atoms with van der Waals surface area (Å²) in [4.78, 5) is 23.5. The Morgan fingerprint density at radius 1 is 1.26 bits per heavy atom. The van der Waals surface area contributed by atoms with Crippen LogP contribution in [0, 0.1) is 5.41 Å². The zero-order chi connectivity index (χ0) is 17.1. The molecular weight excluding hydrogens is 318 g/mol. The molecule has 23 heavy (non-hydrogen) atoms. The van der Waals surface area contributed by atoms with Gasteiger partial charge >= 0.3 is 5.97 Å². The average Bonchev–Trinajstić information content (AvgIpc) is 3.15. The molecule has 0 saturated heterocycles. The van der Waals surface area contributed by atoms with Crippen molar-refractivity contribution in [1.29, 1.82) is 0 Å². The molecule has 0 radical (unpaired) electrons. The highest BCUT2D eigenvalue weighted by Crippen LogP contribution is 2.49. The molecular formula is C16H21NO5S. The largest absolute Gasteiger partial charge is 0.480 e. The Bertz CT molecular complexity index is 680. The summed E-state index contributed by atoms with van der Waals surface area (Å²) in [6.45, 7) is 0. The fourth-order valence-corrected chi connectivity index (χ4v) is 4.24. The quantitative estimate of drug-likeness (QED) is 0.736. The van der Waals surface area contributed by atoms with E-state index in [9.17, 15) is 23.1 Å². The molecule has 1 atom stereocenters. The smallest absolute Gasteiger partial charge is 0.326 e. The highest BCUT2D eigenvalue weighted by atomic mass is 32.2. The maximum atomic E-state index is 12.1. The first kappa shape index (κ1) is 17.5. The van der Waals surface area contributed by atoms with E-state index in [1.807, 2.05) is 6.07 Å². The van der Waals surface area contributed by atoms with E-state index >= 15 is 0 Å². The molecule has 7 heteroatoms. The van der Waals surface area contributed by atoms with Crippen molar-refractivity contribution in [2.24, 2.45) is 5.41 Å². The van der Waals surface area contributed by atoms with Crippen molar-refractivity contribution < 1.29 is 23.1 Å². The van der Waals surface area contributed by atoms with Crippen molar-refractivity contribution in [3.05, 3.63) is 35.9 Å². The number of rotatable bonds is 8. The maximum Gasteiger partial charge on any atom is 0.326 e. The lowest BCUT2D eigenvalue weighted by molar-refractivity contribution is -0.142. The van der Waals surface area contributed by atoms with Crippen molar-refractivity contribution in [2.45, 2.75) is 31.7 Å². The Morgan fingerprint density at radius 3 is 2.35 bits per heavy atom. The van der Waals surface area contributed by atoms with Crippen LogP contribution in [0.2, 0.25) is 0 Å². The number of carboxylic acids is 1. The molecule has 126 valence electrons. The van der Waals surface area contributed by atoms with E-state index < -0.39 is 33.2 Å². The molecule has 1 fully saturated rings. The summed E-state index contributed by atoms with van der Waals surface area (Å²) in [5.74, 6) is -1.53. The van der Waals surface area contributed by atoms with Crippen molar-refractivity contribution in [3.63, 3.8) is 0 Å². The van der Waals surface area contributed by atoms with Crippen LogP contribution >= 0.6 is 0 Å². The lowest BCUT2D eigenvalue weighted by Gasteiger charge is -2.18. The predicted molar refractivity (Wildman–Crippen MR) is 85.7 cm³/mol. The summed E-state index contributed by atoms with van der Waals surface area (Å²) in [5, 5.41) is 11.8. The number of hydrogen-bond donors (Lipinski definition) is 2. The van der Waals surface area contributed by atoms with Crippen LogP contribution in [0.3, 0.4) is 0 Å². The van der Waals surface area contributed by atoms with Gasteiger partial charge in [-0.05, 0) is 23.8 Å². The first-order valence-electron chi connectivity index (χ1n) is 7.43. The summed E-state index contributed by atoms with van der Waals surface area (Å²) in [6, 6.07) is 8.03. The molecule has 1 amide bonds. The zero-order valence-electron chi connectivity index (χ0n) is 13.0. The van der Waals surface area contributed by atoms with Gasteiger partial charge in [-0.15, -0.1) is 0 Å². The van der Waals surface area contributed by atoms with Gasteiger partial charge in [0.2, 0.25) is 5.91 Å². The summed E-state index contributed by atoms with van der Waals surface area (Å²) in [6.07, 6.45) is 2.77. The number of carbonyl (C=O) groups is 2. The van der Waals surface area contributed by atoms with Crippen LogP contribution in [0.5, 0.6) is 0 Å². The van der Waals surface area contributed by atoms with E-state index in [0.717, 1.165) is 11.8 Å². The molecule has 0 bridgehead atoms. The Kier molecular flexibility index (Phi) is 5.09. The summed E-state index contributed by atoms with van der Waals surface area (Å²) in [5.41, 5.74) is 0.311. The Labute approximate surface area is 135 Å². The van der Waals surface area contributed by atoms with E-state index in [1.165, 1.54) is 0 Å². The van der Waals surface area contributed by atoms with Crippen molar-refractivity contribution in [3.8, 4) is 0 Å². The minimum atomic E-state index is -3.15. The molecule has 1 aromatic rings. The van der Waals surface area contributed by atoms with Crippen LogP contribution in [0.4, 0.5) is 0 Å². The first-order chi connectivity index (χ1) is 10.7. The van der Waals surface area contributed by atoms with Crippen LogP contribution in [0.1, 0.15) is 24.8 Å². The van der Waals surface area contributed by atoms with Gasteiger partial charge in [-0.3, -0.25) is 4.79 Å². The van der Waals surface area contributed by atoms with E-state index in [1.54, 1.807) is 24.3 Å². The molecule has 1 saturated carbocycles. The van der Waals surface area contributed by atoms with E-state index in [2.05, 4.69) is 5.32 Å². The van der Waals surface area contributed by atoms with Gasteiger partial charge in [-0.2, -0.15) is 0 Å². The lowest BCUT2D eigenvalue weighted by Crippen LogP contribution is -2.43. The minimum absolute atomic E-state index is 0.0240. The molecule has 0 aromatic heterocycles. The first-order valence-corrected chi connectivity index (χ1v) is 9.49. The molecule has 6 nitrogen and oxygen atoms in total. The van der Waals surface area contributed by atoms with Gasteiger partial charge in [0.15, 0.2) is 0 Å². The molecule has 2 rings (SSSR count). The van der Waals surface area contributed by atoms with E-state index in [4.69, 9.17) is 0 Å². The number of aliphatic carboxylic acids is 1. The number of sulfone groups is 1. The number of carbonyl (C=O) groups excluding carboxylic acids is 1. The highest BCUT2D eigenvalue weighted by molar-refractivity contribution is 7.90. The van der Waals surface area contributed by atoms with Gasteiger partial charge in [-0.25, -0.2) is 13.2 Å². The van der Waals surface area contributed by atoms with Crippen molar-refractivity contribution in [1.82, 2.24) is 5.32 Å². The molecule has 1 aliphatic rings.